The van der Waals surface area contributed by atoms with Crippen molar-refractivity contribution >= 4 is 69.2 Å². The van der Waals surface area contributed by atoms with Gasteiger partial charge in [0, 0.05) is 0 Å². The van der Waals surface area contributed by atoms with Crippen molar-refractivity contribution in [1.82, 2.24) is 0 Å². The number of hydrogen-bond acceptors (Lipinski definition) is 3. The standard InChI is InChI=1S/C16H8Cl2FNOS2/c17-12-6-1-9(7-13(12)18)8-14-15(21)20(16(22)23-14)11-4-2-10(19)3-5-11/h1-8H/b14-8-. The van der Waals surface area contributed by atoms with E-state index in [0.717, 1.165) is 5.56 Å². The first-order valence-corrected chi connectivity index (χ1v) is 8.42. The number of thiocarbonyl (C=S) groups is 1. The maximum atomic E-state index is 13.0. The van der Waals surface area contributed by atoms with Crippen LogP contribution in [0.5, 0.6) is 0 Å². The lowest BCUT2D eigenvalue weighted by atomic mass is 10.2. The molecule has 0 aliphatic carbocycles. The van der Waals surface area contributed by atoms with Crippen LogP contribution in [0, 0.1) is 5.82 Å². The lowest BCUT2D eigenvalue weighted by Crippen LogP contribution is -2.27. The molecule has 0 atom stereocenters. The molecule has 0 bridgehead atoms. The molecular formula is C16H8Cl2FNOS2. The summed E-state index contributed by atoms with van der Waals surface area (Å²) in [6, 6.07) is 10.7. The van der Waals surface area contributed by atoms with Crippen LogP contribution in [0.15, 0.2) is 47.4 Å². The summed E-state index contributed by atoms with van der Waals surface area (Å²) in [7, 11) is 0. The van der Waals surface area contributed by atoms with Gasteiger partial charge in [-0.15, -0.1) is 0 Å². The molecule has 1 aliphatic rings. The molecule has 0 saturated carbocycles. The Morgan fingerprint density at radius 3 is 2.43 bits per heavy atom. The third kappa shape index (κ3) is 3.43. The molecule has 7 heteroatoms. The van der Waals surface area contributed by atoms with Gasteiger partial charge >= 0.3 is 0 Å². The number of carbonyl (C=O) groups excluding carboxylic acids is 1. The van der Waals surface area contributed by atoms with Gasteiger partial charge in [0.15, 0.2) is 4.32 Å². The number of thioether (sulfide) groups is 1. The van der Waals surface area contributed by atoms with Crippen LogP contribution in [0.3, 0.4) is 0 Å². The van der Waals surface area contributed by atoms with Crippen molar-refractivity contribution < 1.29 is 9.18 Å². The first-order chi connectivity index (χ1) is 11.0. The lowest BCUT2D eigenvalue weighted by molar-refractivity contribution is -0.113. The second kappa shape index (κ2) is 6.61. The maximum absolute atomic E-state index is 13.0. The fourth-order valence-electron chi connectivity index (χ4n) is 2.03. The summed E-state index contributed by atoms with van der Waals surface area (Å²) in [5.74, 6) is -0.622. The van der Waals surface area contributed by atoms with Crippen LogP contribution in [-0.4, -0.2) is 10.2 Å². The predicted molar refractivity (Wildman–Crippen MR) is 98.5 cm³/mol. The smallest absolute Gasteiger partial charge is 0.268 e. The highest BCUT2D eigenvalue weighted by atomic mass is 35.5. The van der Waals surface area contributed by atoms with E-state index in [1.807, 2.05) is 0 Å². The molecule has 2 aromatic carbocycles. The van der Waals surface area contributed by atoms with E-state index in [1.54, 1.807) is 24.3 Å². The molecule has 1 aliphatic heterocycles. The highest BCUT2D eigenvalue weighted by molar-refractivity contribution is 8.27. The van der Waals surface area contributed by atoms with Crippen molar-refractivity contribution in [2.45, 2.75) is 0 Å². The van der Waals surface area contributed by atoms with Gasteiger partial charge in [-0.05, 0) is 48.0 Å². The summed E-state index contributed by atoms with van der Waals surface area (Å²) in [5, 5.41) is 0.858. The van der Waals surface area contributed by atoms with E-state index < -0.39 is 0 Å². The minimum atomic E-state index is -0.370. The Labute approximate surface area is 151 Å². The lowest BCUT2D eigenvalue weighted by Gasteiger charge is -2.14. The SMILES string of the molecule is O=C1/C(=C/c2ccc(Cl)c(Cl)c2)SC(=S)N1c1ccc(F)cc1. The fourth-order valence-corrected chi connectivity index (χ4v) is 3.64. The van der Waals surface area contributed by atoms with E-state index in [9.17, 15) is 9.18 Å². The molecule has 3 rings (SSSR count). The van der Waals surface area contributed by atoms with Crippen molar-refractivity contribution in [3.63, 3.8) is 0 Å². The Morgan fingerprint density at radius 2 is 1.78 bits per heavy atom. The van der Waals surface area contributed by atoms with Crippen LogP contribution in [0.25, 0.3) is 6.08 Å². The van der Waals surface area contributed by atoms with E-state index in [2.05, 4.69) is 0 Å². The van der Waals surface area contributed by atoms with Crippen molar-refractivity contribution in [3.05, 3.63) is 68.8 Å². The molecule has 0 radical (unpaired) electrons. The average molecular weight is 384 g/mol. The molecule has 1 amide bonds. The number of hydrogen-bond donors (Lipinski definition) is 0. The summed E-state index contributed by atoms with van der Waals surface area (Å²) < 4.78 is 13.4. The van der Waals surface area contributed by atoms with E-state index in [1.165, 1.54) is 40.9 Å². The number of anilines is 1. The quantitative estimate of drug-likeness (QED) is 0.501. The van der Waals surface area contributed by atoms with Crippen molar-refractivity contribution in [2.24, 2.45) is 0 Å². The zero-order chi connectivity index (χ0) is 16.6. The second-order valence-corrected chi connectivity index (χ2v) is 7.16. The number of benzene rings is 2. The van der Waals surface area contributed by atoms with Gasteiger partial charge in [0.05, 0.1) is 20.6 Å². The molecule has 116 valence electrons. The monoisotopic (exact) mass is 383 g/mol. The van der Waals surface area contributed by atoms with Gasteiger partial charge in [-0.3, -0.25) is 9.69 Å². The first-order valence-electron chi connectivity index (χ1n) is 6.44. The molecule has 1 saturated heterocycles. The van der Waals surface area contributed by atoms with Crippen LogP contribution in [-0.2, 0) is 4.79 Å². The summed E-state index contributed by atoms with van der Waals surface area (Å²) in [6.45, 7) is 0. The van der Waals surface area contributed by atoms with Crippen LogP contribution in [0.4, 0.5) is 10.1 Å². The Morgan fingerprint density at radius 1 is 1.09 bits per heavy atom. The predicted octanol–water partition coefficient (Wildman–Crippen LogP) is 5.54. The third-order valence-corrected chi connectivity index (χ3v) is 5.16. The zero-order valence-electron chi connectivity index (χ0n) is 11.4. The van der Waals surface area contributed by atoms with Crippen LogP contribution in [0.2, 0.25) is 10.0 Å². The van der Waals surface area contributed by atoms with Crippen molar-refractivity contribution in [2.75, 3.05) is 4.90 Å². The van der Waals surface area contributed by atoms with Crippen LogP contribution < -0.4 is 4.90 Å². The minimum Gasteiger partial charge on any atom is -0.268 e. The number of amides is 1. The maximum Gasteiger partial charge on any atom is 0.270 e. The number of rotatable bonds is 2. The highest BCUT2D eigenvalue weighted by Gasteiger charge is 2.33. The highest BCUT2D eigenvalue weighted by Crippen LogP contribution is 2.36. The van der Waals surface area contributed by atoms with Gasteiger partial charge in [-0.1, -0.05) is 53.2 Å². The van der Waals surface area contributed by atoms with Crippen molar-refractivity contribution in [1.29, 1.82) is 0 Å². The first kappa shape index (κ1) is 16.5. The van der Waals surface area contributed by atoms with Gasteiger partial charge in [0.25, 0.3) is 5.91 Å². The normalized spacial score (nSPS) is 16.5. The topological polar surface area (TPSA) is 20.3 Å². The van der Waals surface area contributed by atoms with Crippen molar-refractivity contribution in [3.8, 4) is 0 Å². The van der Waals surface area contributed by atoms with Gasteiger partial charge in [0.1, 0.15) is 5.82 Å². The molecular weight excluding hydrogens is 376 g/mol. The summed E-state index contributed by atoms with van der Waals surface area (Å²) in [6.07, 6.45) is 1.70. The van der Waals surface area contributed by atoms with Gasteiger partial charge in [-0.25, -0.2) is 4.39 Å². The van der Waals surface area contributed by atoms with Crippen LogP contribution >= 0.6 is 47.2 Å². The largest absolute Gasteiger partial charge is 0.270 e. The molecule has 23 heavy (non-hydrogen) atoms. The zero-order valence-corrected chi connectivity index (χ0v) is 14.6. The average Bonchev–Trinajstić information content (AvgIpc) is 2.79. The number of nitrogens with zero attached hydrogens (tertiary/aromatic N) is 1. The summed E-state index contributed by atoms with van der Waals surface area (Å²) >= 11 is 18.3. The van der Waals surface area contributed by atoms with E-state index in [4.69, 9.17) is 35.4 Å². The summed E-state index contributed by atoms with van der Waals surface area (Å²) in [4.78, 5) is 14.4. The minimum absolute atomic E-state index is 0.252. The van der Waals surface area contributed by atoms with E-state index >= 15 is 0 Å². The van der Waals surface area contributed by atoms with Gasteiger partial charge in [-0.2, -0.15) is 0 Å². The van der Waals surface area contributed by atoms with E-state index in [0.29, 0.717) is 25.0 Å². The molecule has 2 aromatic rings. The molecule has 0 spiro atoms. The van der Waals surface area contributed by atoms with Crippen LogP contribution in [0.1, 0.15) is 5.56 Å². The Balaban J connectivity index is 1.92. The van der Waals surface area contributed by atoms with Gasteiger partial charge < -0.3 is 0 Å². The van der Waals surface area contributed by atoms with E-state index in [-0.39, 0.29) is 11.7 Å². The summed E-state index contributed by atoms with van der Waals surface area (Å²) in [5.41, 5.74) is 1.28. The molecule has 2 nitrogen and oxygen atoms in total. The Hall–Kier alpha value is -1.40. The number of carbonyl (C=O) groups is 1. The molecule has 0 N–H and O–H groups in total. The Bertz CT molecular complexity index is 836. The van der Waals surface area contributed by atoms with Gasteiger partial charge in [0.2, 0.25) is 0 Å². The second-order valence-electron chi connectivity index (χ2n) is 4.67. The molecule has 1 fully saturated rings. The Kier molecular flexibility index (Phi) is 4.73. The number of halogens is 3. The molecule has 1 heterocycles. The molecule has 0 aromatic heterocycles. The molecule has 0 unspecified atom stereocenters. The fraction of sp³-hybridized carbons (Fsp3) is 0. The third-order valence-electron chi connectivity index (χ3n) is 3.12.